The minimum Gasteiger partial charge on any atom is -0.400 e. The van der Waals surface area contributed by atoms with E-state index in [0.717, 1.165) is 13.0 Å². The number of nitrogens with one attached hydrogen (secondary N) is 1. The van der Waals surface area contributed by atoms with Crippen molar-refractivity contribution in [3.05, 3.63) is 16.1 Å². The summed E-state index contributed by atoms with van der Waals surface area (Å²) < 4.78 is 35.2. The number of hydrogen-bond donors (Lipinski definition) is 2. The Morgan fingerprint density at radius 1 is 1.44 bits per heavy atom. The van der Waals surface area contributed by atoms with E-state index in [1.807, 2.05) is 0 Å². The smallest absolute Gasteiger partial charge is 0.400 e. The maximum Gasteiger partial charge on any atom is 0.443 e. The fourth-order valence-corrected chi connectivity index (χ4v) is 1.75. The van der Waals surface area contributed by atoms with E-state index in [9.17, 15) is 13.2 Å². The molecule has 3 nitrogen and oxygen atoms in total. The molecule has 7 heteroatoms. The summed E-state index contributed by atoms with van der Waals surface area (Å²) in [5, 5.41) is 9.44. The summed E-state index contributed by atoms with van der Waals surface area (Å²) in [6, 6.07) is 0. The topological polar surface area (TPSA) is 45.1 Å². The zero-order chi connectivity index (χ0) is 14.2. The Morgan fingerprint density at radius 2 is 2.00 bits per heavy atom. The van der Waals surface area contributed by atoms with E-state index in [-0.39, 0.29) is 0 Å². The van der Waals surface area contributed by atoms with E-state index in [0.29, 0.717) is 16.2 Å². The normalized spacial score (nSPS) is 14.8. The Hall–Kier alpha value is -0.660. The van der Waals surface area contributed by atoms with Crippen molar-refractivity contribution in [2.75, 3.05) is 20.2 Å². The lowest BCUT2D eigenvalue weighted by Gasteiger charge is -2.25. The molecule has 1 aliphatic heterocycles. The molecule has 1 aliphatic rings. The molecule has 1 aromatic heterocycles. The van der Waals surface area contributed by atoms with Gasteiger partial charge in [0.1, 0.15) is 0 Å². The summed E-state index contributed by atoms with van der Waals surface area (Å²) in [4.78, 5) is 3.76. The first-order chi connectivity index (χ1) is 8.43. The Labute approximate surface area is 109 Å². The summed E-state index contributed by atoms with van der Waals surface area (Å²) >= 11 is 0.659. The monoisotopic (exact) mass is 284 g/mol. The van der Waals surface area contributed by atoms with Crippen LogP contribution in [0, 0.1) is 12.8 Å². The van der Waals surface area contributed by atoms with E-state index in [2.05, 4.69) is 17.2 Å². The van der Waals surface area contributed by atoms with Crippen LogP contribution < -0.4 is 5.32 Å². The molecule has 0 radical (unpaired) electrons. The highest BCUT2D eigenvalue weighted by Gasteiger charge is 2.34. The molecule has 2 N–H and O–H groups in total. The van der Waals surface area contributed by atoms with Crippen LogP contribution in [0.25, 0.3) is 0 Å². The molecule has 1 fully saturated rings. The second-order valence-electron chi connectivity index (χ2n) is 3.71. The molecule has 0 spiro atoms. The van der Waals surface area contributed by atoms with Crippen molar-refractivity contribution in [1.29, 1.82) is 0 Å². The van der Waals surface area contributed by atoms with Gasteiger partial charge in [0.15, 0.2) is 5.01 Å². The van der Waals surface area contributed by atoms with Crippen LogP contribution in [0.3, 0.4) is 0 Å². The van der Waals surface area contributed by atoms with E-state index in [1.165, 1.54) is 25.7 Å². The van der Waals surface area contributed by atoms with Crippen LogP contribution in [-0.2, 0) is 6.18 Å². The number of hydrogen-bond acceptors (Lipinski definition) is 4. The molecule has 18 heavy (non-hydrogen) atoms. The standard InChI is InChI=1S/C5H4F3NS.C5H11N.CH4O/c1-3-2-9-4(10-3)5(6,7)8;1-2-5-3-6-4-5;1-2/h2H,1H3;5-6H,2-4H2,1H3;2H,1H3. The van der Waals surface area contributed by atoms with Gasteiger partial charge in [-0.3, -0.25) is 0 Å². The van der Waals surface area contributed by atoms with Gasteiger partial charge in [0.25, 0.3) is 0 Å². The third-order valence-electron chi connectivity index (χ3n) is 2.31. The maximum atomic E-state index is 11.7. The van der Waals surface area contributed by atoms with Crippen molar-refractivity contribution in [3.8, 4) is 0 Å². The molecule has 1 aromatic rings. The van der Waals surface area contributed by atoms with Gasteiger partial charge < -0.3 is 10.4 Å². The maximum absolute atomic E-state index is 11.7. The summed E-state index contributed by atoms with van der Waals surface area (Å²) in [6.07, 6.45) is -1.71. The van der Waals surface area contributed by atoms with Crippen LogP contribution in [0.2, 0.25) is 0 Å². The third-order valence-corrected chi connectivity index (χ3v) is 3.26. The summed E-state index contributed by atoms with van der Waals surface area (Å²) in [5.74, 6) is 1.00. The van der Waals surface area contributed by atoms with E-state index < -0.39 is 11.2 Å². The van der Waals surface area contributed by atoms with Gasteiger partial charge in [0, 0.05) is 18.2 Å². The van der Waals surface area contributed by atoms with Gasteiger partial charge in [-0.15, -0.1) is 11.3 Å². The largest absolute Gasteiger partial charge is 0.443 e. The number of halogens is 3. The Balaban J connectivity index is 0.000000308. The highest BCUT2D eigenvalue weighted by atomic mass is 32.1. The van der Waals surface area contributed by atoms with Crippen LogP contribution >= 0.6 is 11.3 Å². The predicted molar refractivity (Wildman–Crippen MR) is 66.6 cm³/mol. The SMILES string of the molecule is CCC1CNC1.CO.Cc1cnc(C(F)(F)F)s1. The second kappa shape index (κ2) is 8.44. The molecule has 2 heterocycles. The van der Waals surface area contributed by atoms with E-state index in [4.69, 9.17) is 5.11 Å². The highest BCUT2D eigenvalue weighted by Crippen LogP contribution is 2.31. The van der Waals surface area contributed by atoms with Gasteiger partial charge in [0.05, 0.1) is 0 Å². The molecule has 106 valence electrons. The zero-order valence-corrected chi connectivity index (χ0v) is 11.5. The van der Waals surface area contributed by atoms with E-state index in [1.54, 1.807) is 6.92 Å². The van der Waals surface area contributed by atoms with Crippen LogP contribution in [0.15, 0.2) is 6.20 Å². The van der Waals surface area contributed by atoms with Crippen LogP contribution in [0.1, 0.15) is 23.2 Å². The molecule has 2 rings (SSSR count). The second-order valence-corrected chi connectivity index (χ2v) is 4.94. The highest BCUT2D eigenvalue weighted by molar-refractivity contribution is 7.11. The first-order valence-corrected chi connectivity index (χ1v) is 6.40. The number of alkyl halides is 3. The van der Waals surface area contributed by atoms with Gasteiger partial charge in [-0.25, -0.2) is 4.98 Å². The minimum atomic E-state index is -4.28. The Kier molecular flexibility index (Phi) is 8.13. The average molecular weight is 284 g/mol. The number of thiazole rings is 1. The van der Waals surface area contributed by atoms with Crippen LogP contribution in [0.5, 0.6) is 0 Å². The van der Waals surface area contributed by atoms with Gasteiger partial charge in [-0.1, -0.05) is 13.3 Å². The Morgan fingerprint density at radius 3 is 2.11 bits per heavy atom. The lowest BCUT2D eigenvalue weighted by Crippen LogP contribution is -2.41. The number of aromatic nitrogens is 1. The van der Waals surface area contributed by atoms with Crippen LogP contribution in [0.4, 0.5) is 13.2 Å². The molecule has 1 saturated heterocycles. The average Bonchev–Trinajstić information content (AvgIpc) is 2.67. The first-order valence-electron chi connectivity index (χ1n) is 5.58. The lowest BCUT2D eigenvalue weighted by molar-refractivity contribution is -0.137. The third kappa shape index (κ3) is 6.32. The van der Waals surface area contributed by atoms with Crippen molar-refractivity contribution in [2.24, 2.45) is 5.92 Å². The fraction of sp³-hybridized carbons (Fsp3) is 0.727. The zero-order valence-electron chi connectivity index (χ0n) is 10.7. The molecular formula is C11H19F3N2OS. The minimum absolute atomic E-state index is 0.576. The molecule has 0 bridgehead atoms. The summed E-state index contributed by atoms with van der Waals surface area (Å²) in [7, 11) is 1.00. The van der Waals surface area contributed by atoms with Crippen molar-refractivity contribution in [3.63, 3.8) is 0 Å². The lowest BCUT2D eigenvalue weighted by atomic mass is 10.0. The van der Waals surface area contributed by atoms with Crippen molar-refractivity contribution < 1.29 is 18.3 Å². The van der Waals surface area contributed by atoms with Gasteiger partial charge >= 0.3 is 6.18 Å². The molecular weight excluding hydrogens is 265 g/mol. The molecule has 0 aliphatic carbocycles. The van der Waals surface area contributed by atoms with Crippen molar-refractivity contribution in [1.82, 2.24) is 10.3 Å². The molecule has 0 aromatic carbocycles. The van der Waals surface area contributed by atoms with Gasteiger partial charge in [-0.05, 0) is 25.9 Å². The van der Waals surface area contributed by atoms with Gasteiger partial charge in [-0.2, -0.15) is 13.2 Å². The van der Waals surface area contributed by atoms with Gasteiger partial charge in [0.2, 0.25) is 0 Å². The van der Waals surface area contributed by atoms with Crippen LogP contribution in [-0.4, -0.2) is 30.3 Å². The van der Waals surface area contributed by atoms with Crippen molar-refractivity contribution in [2.45, 2.75) is 26.4 Å². The number of rotatable bonds is 1. The Bertz CT molecular complexity index is 322. The quantitative estimate of drug-likeness (QED) is 0.833. The summed E-state index contributed by atoms with van der Waals surface area (Å²) in [6.45, 7) is 6.35. The fourth-order valence-electron chi connectivity index (χ4n) is 1.12. The summed E-state index contributed by atoms with van der Waals surface area (Å²) in [5.41, 5.74) is 0. The van der Waals surface area contributed by atoms with E-state index >= 15 is 0 Å². The molecule has 0 saturated carbocycles. The molecule has 0 unspecified atom stereocenters. The first kappa shape index (κ1) is 17.3. The number of aliphatic hydroxyl groups is 1. The number of aliphatic hydroxyl groups excluding tert-OH is 1. The number of nitrogens with zero attached hydrogens (tertiary/aromatic N) is 1. The number of aryl methyl sites for hydroxylation is 1. The predicted octanol–water partition coefficient (Wildman–Crippen LogP) is 2.69. The molecule has 0 atom stereocenters. The van der Waals surface area contributed by atoms with Crippen molar-refractivity contribution >= 4 is 11.3 Å². The molecule has 0 amide bonds.